The Morgan fingerprint density at radius 3 is 2.43 bits per heavy atom. The standard InChI is InChI=1S/C24H23NO2S/c1-3-25(4-2)17-9-11-20-22(13-17)28-23-14-18(26)10-12-21(23)24(20)19-8-6-5-7-16(19)15-27-24/h5-14,26H,3-4,15H2,1-2H3. The molecule has 1 spiro atoms. The van der Waals surface area contributed by atoms with Gasteiger partial charge in [0.15, 0.2) is 0 Å². The number of anilines is 1. The van der Waals surface area contributed by atoms with E-state index in [9.17, 15) is 5.11 Å². The first kappa shape index (κ1) is 17.7. The molecule has 3 nitrogen and oxygen atoms in total. The molecule has 0 aromatic heterocycles. The Hall–Kier alpha value is -2.43. The zero-order valence-electron chi connectivity index (χ0n) is 16.1. The Labute approximate surface area is 170 Å². The molecule has 142 valence electrons. The van der Waals surface area contributed by atoms with E-state index >= 15 is 0 Å². The fourth-order valence-electron chi connectivity index (χ4n) is 4.52. The molecule has 28 heavy (non-hydrogen) atoms. The van der Waals surface area contributed by atoms with Crippen molar-refractivity contribution in [3.63, 3.8) is 0 Å². The molecule has 0 amide bonds. The Balaban J connectivity index is 1.77. The van der Waals surface area contributed by atoms with Crippen LogP contribution in [0.15, 0.2) is 70.5 Å². The maximum Gasteiger partial charge on any atom is 0.146 e. The SMILES string of the molecule is CCN(CC)c1ccc2c(c1)Sc1cc(O)ccc1C21OCc2ccccc21. The minimum atomic E-state index is -0.609. The predicted octanol–water partition coefficient (Wildman–Crippen LogP) is 5.53. The van der Waals surface area contributed by atoms with Crippen molar-refractivity contribution in [2.75, 3.05) is 18.0 Å². The second-order valence-electron chi connectivity index (χ2n) is 7.26. The number of phenols is 1. The number of benzene rings is 3. The summed E-state index contributed by atoms with van der Waals surface area (Å²) in [7, 11) is 0. The highest BCUT2D eigenvalue weighted by Crippen LogP contribution is 2.57. The van der Waals surface area contributed by atoms with Crippen molar-refractivity contribution in [3.8, 4) is 5.75 Å². The van der Waals surface area contributed by atoms with Gasteiger partial charge in [0.25, 0.3) is 0 Å². The molecule has 2 aliphatic rings. The lowest BCUT2D eigenvalue weighted by atomic mass is 9.79. The minimum Gasteiger partial charge on any atom is -0.508 e. The summed E-state index contributed by atoms with van der Waals surface area (Å²) in [5, 5.41) is 10.1. The van der Waals surface area contributed by atoms with Crippen molar-refractivity contribution in [2.45, 2.75) is 35.8 Å². The molecule has 2 heterocycles. The summed E-state index contributed by atoms with van der Waals surface area (Å²) < 4.78 is 6.59. The summed E-state index contributed by atoms with van der Waals surface area (Å²) in [6, 6.07) is 20.8. The number of hydrogen-bond donors (Lipinski definition) is 1. The van der Waals surface area contributed by atoms with E-state index in [0.717, 1.165) is 23.5 Å². The molecule has 0 saturated carbocycles. The lowest BCUT2D eigenvalue weighted by Crippen LogP contribution is -2.32. The molecule has 0 aliphatic carbocycles. The van der Waals surface area contributed by atoms with Gasteiger partial charge in [0.1, 0.15) is 11.4 Å². The van der Waals surface area contributed by atoms with E-state index in [1.54, 1.807) is 17.8 Å². The fourth-order valence-corrected chi connectivity index (χ4v) is 5.76. The van der Waals surface area contributed by atoms with E-state index in [1.807, 2.05) is 12.1 Å². The number of ether oxygens (including phenoxy) is 1. The zero-order chi connectivity index (χ0) is 19.3. The quantitative estimate of drug-likeness (QED) is 0.639. The molecule has 5 rings (SSSR count). The van der Waals surface area contributed by atoms with Crippen molar-refractivity contribution < 1.29 is 9.84 Å². The second kappa shape index (κ2) is 6.57. The first-order chi connectivity index (χ1) is 13.7. The number of hydrogen-bond acceptors (Lipinski definition) is 4. The zero-order valence-corrected chi connectivity index (χ0v) is 16.9. The van der Waals surface area contributed by atoms with E-state index in [4.69, 9.17) is 4.74 Å². The number of rotatable bonds is 3. The molecule has 1 atom stereocenters. The Morgan fingerprint density at radius 1 is 0.929 bits per heavy atom. The summed E-state index contributed by atoms with van der Waals surface area (Å²) >= 11 is 1.72. The highest BCUT2D eigenvalue weighted by molar-refractivity contribution is 7.99. The highest BCUT2D eigenvalue weighted by Gasteiger charge is 2.48. The number of fused-ring (bicyclic) bond motifs is 6. The van der Waals surface area contributed by atoms with Crippen LogP contribution in [0.4, 0.5) is 5.69 Å². The van der Waals surface area contributed by atoms with Gasteiger partial charge < -0.3 is 14.7 Å². The van der Waals surface area contributed by atoms with Gasteiger partial charge in [-0.05, 0) is 49.2 Å². The van der Waals surface area contributed by atoms with E-state index in [1.165, 1.54) is 27.3 Å². The molecular weight excluding hydrogens is 366 g/mol. The van der Waals surface area contributed by atoms with E-state index in [-0.39, 0.29) is 5.75 Å². The van der Waals surface area contributed by atoms with Gasteiger partial charge in [-0.25, -0.2) is 0 Å². The third-order valence-corrected chi connectivity index (χ3v) is 6.99. The normalized spacial score (nSPS) is 19.2. The maximum absolute atomic E-state index is 10.1. The molecule has 1 unspecified atom stereocenters. The molecule has 0 radical (unpaired) electrons. The van der Waals surface area contributed by atoms with Gasteiger partial charge in [0, 0.05) is 39.7 Å². The third kappa shape index (κ3) is 2.41. The lowest BCUT2D eigenvalue weighted by Gasteiger charge is -2.38. The van der Waals surface area contributed by atoms with E-state index in [2.05, 4.69) is 61.2 Å². The summed E-state index contributed by atoms with van der Waals surface area (Å²) in [5.74, 6) is 0.288. The van der Waals surface area contributed by atoms with Crippen LogP contribution in [0, 0.1) is 0 Å². The third-order valence-electron chi connectivity index (χ3n) is 5.88. The number of aromatic hydroxyl groups is 1. The van der Waals surface area contributed by atoms with Gasteiger partial charge in [-0.1, -0.05) is 48.2 Å². The molecule has 0 bridgehead atoms. The molecule has 4 heteroatoms. The van der Waals surface area contributed by atoms with Gasteiger partial charge in [0.05, 0.1) is 6.61 Å². The van der Waals surface area contributed by atoms with Crippen molar-refractivity contribution >= 4 is 17.4 Å². The maximum atomic E-state index is 10.1. The van der Waals surface area contributed by atoms with Gasteiger partial charge in [-0.3, -0.25) is 0 Å². The van der Waals surface area contributed by atoms with Crippen molar-refractivity contribution in [2.24, 2.45) is 0 Å². The second-order valence-corrected chi connectivity index (χ2v) is 8.35. The van der Waals surface area contributed by atoms with Gasteiger partial charge >= 0.3 is 0 Å². The monoisotopic (exact) mass is 389 g/mol. The van der Waals surface area contributed by atoms with Crippen LogP contribution >= 0.6 is 11.8 Å². The Morgan fingerprint density at radius 2 is 1.64 bits per heavy atom. The molecule has 1 N–H and O–H groups in total. The van der Waals surface area contributed by atoms with Crippen LogP contribution in [0.5, 0.6) is 5.75 Å². The lowest BCUT2D eigenvalue weighted by molar-refractivity contribution is 0.0221. The molecule has 0 saturated heterocycles. The average molecular weight is 390 g/mol. The largest absolute Gasteiger partial charge is 0.508 e. The van der Waals surface area contributed by atoms with Crippen LogP contribution < -0.4 is 4.90 Å². The summed E-state index contributed by atoms with van der Waals surface area (Å²) in [6.07, 6.45) is 0. The van der Waals surface area contributed by atoms with Crippen LogP contribution in [-0.2, 0) is 16.9 Å². The highest BCUT2D eigenvalue weighted by atomic mass is 32.2. The summed E-state index contributed by atoms with van der Waals surface area (Å²) in [5.41, 5.74) is 5.36. The molecule has 2 aliphatic heterocycles. The molecular formula is C24H23NO2S. The van der Waals surface area contributed by atoms with Gasteiger partial charge in [-0.2, -0.15) is 0 Å². The van der Waals surface area contributed by atoms with Gasteiger partial charge in [0.2, 0.25) is 0 Å². The Kier molecular flexibility index (Phi) is 4.14. The van der Waals surface area contributed by atoms with Crippen LogP contribution in [-0.4, -0.2) is 18.2 Å². The first-order valence-corrected chi connectivity index (χ1v) is 10.6. The Bertz CT molecular complexity index is 1060. The molecule has 3 aromatic rings. The first-order valence-electron chi connectivity index (χ1n) is 9.80. The smallest absolute Gasteiger partial charge is 0.146 e. The van der Waals surface area contributed by atoms with Crippen molar-refractivity contribution in [1.29, 1.82) is 0 Å². The average Bonchev–Trinajstić information content (AvgIpc) is 3.09. The fraction of sp³-hybridized carbons (Fsp3) is 0.250. The predicted molar refractivity (Wildman–Crippen MR) is 113 cm³/mol. The minimum absolute atomic E-state index is 0.288. The van der Waals surface area contributed by atoms with Crippen molar-refractivity contribution in [3.05, 3.63) is 82.9 Å². The topological polar surface area (TPSA) is 32.7 Å². The van der Waals surface area contributed by atoms with Crippen LogP contribution in [0.3, 0.4) is 0 Å². The van der Waals surface area contributed by atoms with Crippen LogP contribution in [0.2, 0.25) is 0 Å². The van der Waals surface area contributed by atoms with Crippen LogP contribution in [0.25, 0.3) is 0 Å². The summed E-state index contributed by atoms with van der Waals surface area (Å²) in [6.45, 7) is 6.91. The molecule has 0 fully saturated rings. The van der Waals surface area contributed by atoms with Crippen LogP contribution in [0.1, 0.15) is 36.1 Å². The van der Waals surface area contributed by atoms with E-state index in [0.29, 0.717) is 6.61 Å². The number of phenolic OH excluding ortho intramolecular Hbond substituents is 1. The van der Waals surface area contributed by atoms with E-state index < -0.39 is 5.60 Å². The molecule has 3 aromatic carbocycles. The number of nitrogens with zero attached hydrogens (tertiary/aromatic N) is 1. The van der Waals surface area contributed by atoms with Crippen molar-refractivity contribution in [1.82, 2.24) is 0 Å². The summed E-state index contributed by atoms with van der Waals surface area (Å²) in [4.78, 5) is 4.61. The van der Waals surface area contributed by atoms with Gasteiger partial charge in [-0.15, -0.1) is 0 Å².